The van der Waals surface area contributed by atoms with Crippen LogP contribution in [0.2, 0.25) is 5.02 Å². The van der Waals surface area contributed by atoms with Crippen molar-refractivity contribution in [2.45, 2.75) is 101 Å². The first-order valence-corrected chi connectivity index (χ1v) is 23.7. The minimum Gasteiger partial charge on any atom is -0.508 e. The topological polar surface area (TPSA) is 352 Å². The highest BCUT2D eigenvalue weighted by atomic mass is 35.5. The van der Waals surface area contributed by atoms with Crippen molar-refractivity contribution in [2.24, 2.45) is 28.1 Å². The standard InChI is InChI=1S/C42H60ClN11O10S2/c1-22(2)16-30(40(63)64)51-33(57)19-48-36(59)28(6-5-15-47-41(45)46)52-38(61)31-21-65-66-42(3,4)34(54-35(58)27(44)17-23-9-13-26(55)14-10-23)39(62)49-20-32(56)50-29(37(60)53-31)18-24-7-11-25(43)12-8-24/h7-14,22,27-31,34,55H,5-6,15-21,44H2,1-4H3,(H,48,59)(H,49,62)(H,50,56)(H,51,57)(H,52,61)(H,53,60)(H,54,58)(H,63,64)(H4,45,46,47)/t27-,28-,29-,30-,31-,34+/m0/s1. The second kappa shape index (κ2) is 26.4. The van der Waals surface area contributed by atoms with Crippen molar-refractivity contribution < 1.29 is 48.6 Å². The summed E-state index contributed by atoms with van der Waals surface area (Å²) in [6.07, 6.45) is 0.276. The van der Waals surface area contributed by atoms with Crippen LogP contribution in [0.5, 0.6) is 5.75 Å². The number of carbonyl (C=O) groups excluding carboxylic acids is 7. The molecular formula is C42H60ClN11O10S2. The molecule has 15 N–H and O–H groups in total. The lowest BCUT2D eigenvalue weighted by atomic mass is 10.0. The second-order valence-electron chi connectivity index (χ2n) is 16.4. The highest BCUT2D eigenvalue weighted by Gasteiger charge is 2.40. The van der Waals surface area contributed by atoms with Gasteiger partial charge in [0.2, 0.25) is 41.4 Å². The number of carbonyl (C=O) groups is 8. The molecule has 0 unspecified atom stereocenters. The first-order valence-electron chi connectivity index (χ1n) is 21.0. The van der Waals surface area contributed by atoms with Crippen molar-refractivity contribution in [1.29, 1.82) is 0 Å². The number of aromatic hydroxyl groups is 1. The molecule has 1 saturated heterocycles. The van der Waals surface area contributed by atoms with Crippen molar-refractivity contribution in [3.05, 3.63) is 64.7 Å². The molecule has 0 aromatic heterocycles. The van der Waals surface area contributed by atoms with Gasteiger partial charge in [0.25, 0.3) is 0 Å². The summed E-state index contributed by atoms with van der Waals surface area (Å²) < 4.78 is -1.16. The summed E-state index contributed by atoms with van der Waals surface area (Å²) in [7, 11) is 2.16. The van der Waals surface area contributed by atoms with Crippen molar-refractivity contribution in [2.75, 3.05) is 25.4 Å². The first-order chi connectivity index (χ1) is 31.0. The number of rotatable bonds is 19. The monoisotopic (exact) mass is 977 g/mol. The van der Waals surface area contributed by atoms with Gasteiger partial charge in [-0.05, 0) is 80.8 Å². The highest BCUT2D eigenvalue weighted by Crippen LogP contribution is 2.39. The molecule has 0 aliphatic carbocycles. The number of nitrogens with zero attached hydrogens (tertiary/aromatic N) is 1. The zero-order valence-electron chi connectivity index (χ0n) is 37.1. The number of amides is 7. The predicted octanol–water partition coefficient (Wildman–Crippen LogP) is -0.828. The molecule has 21 nitrogen and oxygen atoms in total. The van der Waals surface area contributed by atoms with E-state index in [1.54, 1.807) is 64.1 Å². The largest absolute Gasteiger partial charge is 0.508 e. The Balaban J connectivity index is 1.93. The number of phenols is 1. The van der Waals surface area contributed by atoms with Crippen molar-refractivity contribution in [1.82, 2.24) is 37.2 Å². The van der Waals surface area contributed by atoms with Crippen LogP contribution >= 0.6 is 33.2 Å². The number of hydrogen-bond donors (Lipinski definition) is 12. The van der Waals surface area contributed by atoms with Crippen LogP contribution in [0.1, 0.15) is 58.1 Å². The Labute approximate surface area is 395 Å². The van der Waals surface area contributed by atoms with Gasteiger partial charge in [-0.15, -0.1) is 0 Å². The number of aliphatic carboxylic acids is 1. The minimum absolute atomic E-state index is 0.0289. The van der Waals surface area contributed by atoms with Crippen LogP contribution < -0.4 is 54.4 Å². The molecular weight excluding hydrogens is 918 g/mol. The van der Waals surface area contributed by atoms with Crippen molar-refractivity contribution >= 4 is 86.5 Å². The molecule has 1 aliphatic rings. The van der Waals surface area contributed by atoms with Crippen LogP contribution in [0.25, 0.3) is 0 Å². The van der Waals surface area contributed by atoms with Crippen molar-refractivity contribution in [3.63, 3.8) is 0 Å². The van der Waals surface area contributed by atoms with E-state index in [0.29, 0.717) is 16.1 Å². The number of aliphatic imine (C=N–C) groups is 1. The Kier molecular flexibility index (Phi) is 21.8. The van der Waals surface area contributed by atoms with Crippen molar-refractivity contribution in [3.8, 4) is 5.75 Å². The lowest BCUT2D eigenvalue weighted by Crippen LogP contribution is -2.61. The van der Waals surface area contributed by atoms with Gasteiger partial charge >= 0.3 is 5.97 Å². The Bertz CT molecular complexity index is 2060. The van der Waals surface area contributed by atoms with E-state index in [-0.39, 0.29) is 62.0 Å². The molecule has 362 valence electrons. The number of carboxylic acid groups (broad SMARTS) is 1. The molecule has 1 aliphatic heterocycles. The van der Waals surface area contributed by atoms with E-state index < -0.39 is 101 Å². The molecule has 0 spiro atoms. The quantitative estimate of drug-likeness (QED) is 0.0354. The average Bonchev–Trinajstić information content (AvgIpc) is 3.24. The lowest BCUT2D eigenvalue weighted by Gasteiger charge is -2.34. The lowest BCUT2D eigenvalue weighted by molar-refractivity contribution is -0.142. The summed E-state index contributed by atoms with van der Waals surface area (Å²) in [6.45, 7) is 5.72. The Morgan fingerprint density at radius 3 is 2.20 bits per heavy atom. The normalized spacial score (nSPS) is 19.3. The fraction of sp³-hybridized carbons (Fsp3) is 0.500. The van der Waals surface area contributed by atoms with E-state index in [1.807, 2.05) is 0 Å². The molecule has 2 aromatic rings. The average molecular weight is 979 g/mol. The number of carboxylic acids is 1. The molecule has 1 heterocycles. The van der Waals surface area contributed by atoms with Crippen LogP contribution in [0.4, 0.5) is 0 Å². The minimum atomic E-state index is -1.39. The zero-order chi connectivity index (χ0) is 49.1. The highest BCUT2D eigenvalue weighted by molar-refractivity contribution is 8.77. The fourth-order valence-electron chi connectivity index (χ4n) is 6.39. The number of phenolic OH excluding ortho intramolecular Hbond substituents is 1. The van der Waals surface area contributed by atoms with Crippen LogP contribution in [-0.4, -0.2) is 130 Å². The molecule has 0 radical (unpaired) electrons. The van der Waals surface area contributed by atoms with Gasteiger partial charge in [-0.25, -0.2) is 4.79 Å². The predicted molar refractivity (Wildman–Crippen MR) is 252 cm³/mol. The van der Waals surface area contributed by atoms with Gasteiger partial charge in [-0.3, -0.25) is 38.6 Å². The number of halogens is 1. The van der Waals surface area contributed by atoms with Gasteiger partial charge in [0.15, 0.2) is 5.96 Å². The summed E-state index contributed by atoms with van der Waals surface area (Å²) in [6, 6.07) is 4.97. The van der Waals surface area contributed by atoms with E-state index in [2.05, 4.69) is 42.2 Å². The van der Waals surface area contributed by atoms with Crippen LogP contribution in [0.15, 0.2) is 53.5 Å². The molecule has 0 bridgehead atoms. The van der Waals surface area contributed by atoms with E-state index in [9.17, 15) is 48.6 Å². The molecule has 2 aromatic carbocycles. The molecule has 3 rings (SSSR count). The van der Waals surface area contributed by atoms with Crippen LogP contribution in [-0.2, 0) is 51.2 Å². The maximum absolute atomic E-state index is 14.2. The third kappa shape index (κ3) is 19.0. The number of benzene rings is 2. The van der Waals surface area contributed by atoms with Gasteiger partial charge in [0, 0.05) is 28.5 Å². The SMILES string of the molecule is CC(C)C[C@H](NC(=O)CNC(=O)[C@H](CCCN=C(N)N)NC(=O)[C@@H]1CSSC(C)(C)[C@H](NC(=O)[C@@H](N)Cc2ccc(O)cc2)C(=O)NCC(=O)N[C@@H](Cc2ccc(Cl)cc2)C(=O)N1)C(=O)O. The number of nitrogens with two attached hydrogens (primary N) is 3. The summed E-state index contributed by atoms with van der Waals surface area (Å²) in [5.74, 6) is -7.06. The van der Waals surface area contributed by atoms with Gasteiger partial charge in [0.1, 0.15) is 36.0 Å². The Morgan fingerprint density at radius 1 is 0.924 bits per heavy atom. The van der Waals surface area contributed by atoms with E-state index in [4.69, 9.17) is 28.8 Å². The summed E-state index contributed by atoms with van der Waals surface area (Å²) in [5.41, 5.74) is 18.4. The fourth-order valence-corrected chi connectivity index (χ4v) is 9.34. The second-order valence-corrected chi connectivity index (χ2v) is 19.9. The van der Waals surface area contributed by atoms with E-state index in [0.717, 1.165) is 21.6 Å². The van der Waals surface area contributed by atoms with Gasteiger partial charge in [-0.2, -0.15) is 0 Å². The first kappa shape index (κ1) is 54.6. The Hall–Kier alpha value is -5.78. The van der Waals surface area contributed by atoms with Gasteiger partial charge < -0.3 is 64.6 Å². The maximum Gasteiger partial charge on any atom is 0.326 e. The molecule has 24 heteroatoms. The maximum atomic E-state index is 14.2. The van der Waals surface area contributed by atoms with E-state index >= 15 is 0 Å². The number of hydrogen-bond acceptors (Lipinski definition) is 13. The van der Waals surface area contributed by atoms with E-state index in [1.165, 1.54) is 12.1 Å². The third-order valence-corrected chi connectivity index (χ3v) is 13.4. The number of guanidine groups is 1. The Morgan fingerprint density at radius 2 is 1.58 bits per heavy atom. The molecule has 66 heavy (non-hydrogen) atoms. The number of nitrogens with one attached hydrogen (secondary N) is 7. The summed E-state index contributed by atoms with van der Waals surface area (Å²) in [5, 5.41) is 37.6. The molecule has 0 saturated carbocycles. The molecule has 7 amide bonds. The zero-order valence-corrected chi connectivity index (χ0v) is 39.4. The smallest absolute Gasteiger partial charge is 0.326 e. The van der Waals surface area contributed by atoms with Gasteiger partial charge in [-0.1, -0.05) is 71.3 Å². The molecule has 6 atom stereocenters. The molecule has 1 fully saturated rings. The summed E-state index contributed by atoms with van der Waals surface area (Å²) in [4.78, 5) is 111. The third-order valence-electron chi connectivity index (χ3n) is 9.88. The van der Waals surface area contributed by atoms with Gasteiger partial charge in [0.05, 0.1) is 19.1 Å². The van der Waals surface area contributed by atoms with Crippen LogP contribution in [0, 0.1) is 5.92 Å². The summed E-state index contributed by atoms with van der Waals surface area (Å²) >= 11 is 6.08. The van der Waals surface area contributed by atoms with Crippen LogP contribution in [0.3, 0.4) is 0 Å².